The molecule has 0 spiro atoms. The molecule has 0 saturated carbocycles. The van der Waals surface area contributed by atoms with E-state index < -0.39 is 17.0 Å². The minimum absolute atomic E-state index is 0. The summed E-state index contributed by atoms with van der Waals surface area (Å²) in [5.74, 6) is 0. The van der Waals surface area contributed by atoms with Crippen molar-refractivity contribution in [1.82, 2.24) is 0 Å². The van der Waals surface area contributed by atoms with Crippen LogP contribution in [-0.4, -0.2) is 21.7 Å². The summed E-state index contributed by atoms with van der Waals surface area (Å²) < 4.78 is 45.9. The zero-order chi connectivity index (χ0) is 10.6. The molecule has 74 valence electrons. The predicted octanol–water partition coefficient (Wildman–Crippen LogP) is -2.75. The van der Waals surface area contributed by atoms with Gasteiger partial charge in [0.15, 0.2) is 0 Å². The Labute approximate surface area is 105 Å². The van der Waals surface area contributed by atoms with E-state index in [1.54, 1.807) is 0 Å². The first-order valence-electron chi connectivity index (χ1n) is 2.54. The van der Waals surface area contributed by atoms with Crippen LogP contribution in [0.2, 0.25) is 0 Å². The van der Waals surface area contributed by atoms with Crippen molar-refractivity contribution in [3.8, 4) is 0 Å². The van der Waals surface area contributed by atoms with Crippen LogP contribution < -0.4 is 29.6 Å². The molecule has 0 heterocycles. The zero-order valence-electron chi connectivity index (χ0n) is 7.51. The molecule has 0 saturated heterocycles. The van der Waals surface area contributed by atoms with Gasteiger partial charge in [0.2, 0.25) is 0 Å². The fourth-order valence-corrected chi connectivity index (χ4v) is 0. The minimum atomic E-state index is -5.05. The third kappa shape index (κ3) is 15.7. The van der Waals surface area contributed by atoms with Crippen LogP contribution in [0.25, 0.3) is 0 Å². The molecule has 0 aromatic carbocycles. The van der Waals surface area contributed by atoms with Gasteiger partial charge >= 0.3 is 38.7 Å². The van der Waals surface area contributed by atoms with E-state index in [4.69, 9.17) is 4.55 Å². The van der Waals surface area contributed by atoms with Crippen LogP contribution in [0.5, 0.6) is 0 Å². The molecule has 0 aromatic rings. The molecule has 0 aromatic heterocycles. The monoisotopic (exact) mass is 256 g/mol. The number of allylic oxidation sites excluding steroid dienone is 1. The van der Waals surface area contributed by atoms with Crippen molar-refractivity contribution in [2.24, 2.45) is 0 Å². The third-order valence-electron chi connectivity index (χ3n) is 0.258. The summed E-state index contributed by atoms with van der Waals surface area (Å²) in [6.45, 7) is 7.50. The molecule has 0 rings (SSSR count). The van der Waals surface area contributed by atoms with Gasteiger partial charge in [-0.15, -0.1) is 6.58 Å². The van der Waals surface area contributed by atoms with Crippen molar-refractivity contribution in [2.45, 2.75) is 13.8 Å². The van der Waals surface area contributed by atoms with Crippen LogP contribution in [0.4, 0.5) is 0 Å². The van der Waals surface area contributed by atoms with Gasteiger partial charge in [0.05, 0.1) is 7.80 Å². The van der Waals surface area contributed by atoms with Gasteiger partial charge < -0.3 is 4.55 Å². The van der Waals surface area contributed by atoms with Crippen molar-refractivity contribution in [1.29, 1.82) is 0 Å². The van der Waals surface area contributed by atoms with E-state index in [1.807, 2.05) is 13.8 Å². The number of hydrogen-bond donors (Lipinski definition) is 1. The van der Waals surface area contributed by atoms with E-state index >= 15 is 0 Å². The van der Waals surface area contributed by atoms with Crippen molar-refractivity contribution in [3.05, 3.63) is 12.2 Å². The standard InChI is InChI=1S/C4H8.Na.H2O5S3/c1-4(2)3;;1-7(2,3)8(4,5)6/h1H2,2-3H3;;(H,1,2,3)(H,4,5,6)/q;+1;/p-1. The SMILES string of the molecule is C=C(C)C.O=S(=O)(O)S(=O)([O-])=S.[Na+]. The van der Waals surface area contributed by atoms with Crippen LogP contribution in [0, 0.1) is 0 Å². The van der Waals surface area contributed by atoms with Crippen molar-refractivity contribution in [2.75, 3.05) is 0 Å². The Balaban J connectivity index is -0.000000173. The molecule has 13 heavy (non-hydrogen) atoms. The Morgan fingerprint density at radius 1 is 1.38 bits per heavy atom. The fourth-order valence-electron chi connectivity index (χ4n) is 0. The molecular formula is C4H9NaO5S3. The molecule has 0 aliphatic rings. The van der Waals surface area contributed by atoms with Crippen LogP contribution >= 0.6 is 0 Å². The average molecular weight is 256 g/mol. The Bertz CT molecular complexity index is 306. The minimum Gasteiger partial charge on any atom is -0.756 e. The first-order chi connectivity index (χ1) is 4.98. The molecule has 0 aliphatic heterocycles. The molecular weight excluding hydrogens is 247 g/mol. The molecule has 0 bridgehead atoms. The van der Waals surface area contributed by atoms with Crippen LogP contribution in [0.3, 0.4) is 0 Å². The Morgan fingerprint density at radius 3 is 1.46 bits per heavy atom. The van der Waals surface area contributed by atoms with Crippen molar-refractivity contribution in [3.63, 3.8) is 0 Å². The smallest absolute Gasteiger partial charge is 0.756 e. The molecule has 0 fully saturated rings. The Morgan fingerprint density at radius 2 is 1.46 bits per heavy atom. The number of hydrogen-bond acceptors (Lipinski definition) is 5. The van der Waals surface area contributed by atoms with Gasteiger partial charge in [-0.3, -0.25) is 8.76 Å². The van der Waals surface area contributed by atoms with E-state index in [0.29, 0.717) is 0 Å². The summed E-state index contributed by atoms with van der Waals surface area (Å²) in [4.78, 5) is 0. The summed E-state index contributed by atoms with van der Waals surface area (Å²) in [6, 6.07) is 0. The second kappa shape index (κ2) is 7.30. The van der Waals surface area contributed by atoms with E-state index in [1.165, 1.54) is 5.57 Å². The summed E-state index contributed by atoms with van der Waals surface area (Å²) in [7, 11) is -9.78. The quantitative estimate of drug-likeness (QED) is 0.237. The van der Waals surface area contributed by atoms with Gasteiger partial charge in [-0.25, -0.2) is 0 Å². The summed E-state index contributed by atoms with van der Waals surface area (Å²) in [6.07, 6.45) is 0. The van der Waals surface area contributed by atoms with Gasteiger partial charge in [-0.05, 0) is 25.0 Å². The molecule has 0 aliphatic carbocycles. The molecule has 5 nitrogen and oxygen atoms in total. The van der Waals surface area contributed by atoms with E-state index in [0.717, 1.165) is 0 Å². The van der Waals surface area contributed by atoms with Gasteiger partial charge in [0.1, 0.15) is 0 Å². The summed E-state index contributed by atoms with van der Waals surface area (Å²) in [5, 5.41) is 0. The summed E-state index contributed by atoms with van der Waals surface area (Å²) >= 11 is 3.36. The fraction of sp³-hybridized carbons (Fsp3) is 0.500. The molecule has 1 atom stereocenters. The van der Waals surface area contributed by atoms with Crippen molar-refractivity contribution < 1.29 is 51.3 Å². The largest absolute Gasteiger partial charge is 1.00 e. The van der Waals surface area contributed by atoms with Crippen LogP contribution in [0.1, 0.15) is 13.8 Å². The second-order valence-electron chi connectivity index (χ2n) is 2.04. The second-order valence-corrected chi connectivity index (χ2v) is 8.24. The Kier molecular flexibility index (Phi) is 11.0. The maximum Gasteiger partial charge on any atom is 1.00 e. The van der Waals surface area contributed by atoms with Crippen LogP contribution in [0.15, 0.2) is 12.2 Å². The predicted molar refractivity (Wildman–Crippen MR) is 48.3 cm³/mol. The molecule has 0 amide bonds. The first-order valence-corrected chi connectivity index (χ1v) is 6.90. The van der Waals surface area contributed by atoms with E-state index in [-0.39, 0.29) is 29.6 Å². The average Bonchev–Trinajstić information content (AvgIpc) is 1.55. The molecule has 1 unspecified atom stereocenters. The van der Waals surface area contributed by atoms with Crippen molar-refractivity contribution >= 4 is 28.1 Å². The topological polar surface area (TPSA) is 94.5 Å². The summed E-state index contributed by atoms with van der Waals surface area (Å²) in [5.41, 5.74) is 1.17. The van der Waals surface area contributed by atoms with E-state index in [2.05, 4.69) is 17.8 Å². The molecule has 0 radical (unpaired) electrons. The van der Waals surface area contributed by atoms with Gasteiger partial charge in [0, 0.05) is 0 Å². The molecule has 1 N–H and O–H groups in total. The van der Waals surface area contributed by atoms with Crippen LogP contribution in [-0.2, 0) is 28.1 Å². The van der Waals surface area contributed by atoms with E-state index in [9.17, 15) is 17.2 Å². The molecule has 9 heteroatoms. The third-order valence-corrected chi connectivity index (χ3v) is 3.87. The van der Waals surface area contributed by atoms with Gasteiger partial charge in [-0.1, -0.05) is 5.57 Å². The van der Waals surface area contributed by atoms with Gasteiger partial charge in [0.25, 0.3) is 0 Å². The maximum atomic E-state index is 9.63. The zero-order valence-corrected chi connectivity index (χ0v) is 12.0. The maximum absolute atomic E-state index is 9.63. The normalized spacial score (nSPS) is 14.2. The Hall–Kier alpha value is 0.980. The number of rotatable bonds is 1. The van der Waals surface area contributed by atoms with Gasteiger partial charge in [-0.2, -0.15) is 8.42 Å². The first kappa shape index (κ1) is 19.5.